The Balaban J connectivity index is 11.5. The van der Waals surface area contributed by atoms with Crippen LogP contribution in [0.15, 0.2) is 0 Å². The molecule has 0 fully saturated rings. The van der Waals surface area contributed by atoms with Gasteiger partial charge in [0.25, 0.3) is 0 Å². The van der Waals surface area contributed by atoms with E-state index in [9.17, 15) is 53.1 Å². The minimum absolute atomic E-state index is 9.98. The average molecular weight is 369 g/mol. The third-order valence-corrected chi connectivity index (χ3v) is 0. The van der Waals surface area contributed by atoms with Crippen molar-refractivity contribution in [3.05, 3.63) is 0 Å². The van der Waals surface area contributed by atoms with Crippen LogP contribution >= 0.6 is 0 Å². The van der Waals surface area contributed by atoms with Crippen LogP contribution in [0.25, 0.3) is 0 Å². The summed E-state index contributed by atoms with van der Waals surface area (Å²) in [4.78, 5) is 0. The number of hydrogen-bond donors (Lipinski definition) is 0. The van der Waals surface area contributed by atoms with Crippen molar-refractivity contribution < 1.29 is 61.7 Å². The molecule has 17 heavy (non-hydrogen) atoms. The summed E-state index contributed by atoms with van der Waals surface area (Å²) in [5.41, 5.74) is 0. The minimum atomic E-state index is -31.5. The SMILES string of the molecule is [F][Zn]([F])([F])([F])([F])([F])([F])([F])([F])([F])([F])([F])([F])([F])([F])[F]. The van der Waals surface area contributed by atoms with Crippen molar-refractivity contribution in [1.29, 1.82) is 0 Å². The van der Waals surface area contributed by atoms with Gasteiger partial charge in [0, 0.05) is 0 Å². The summed E-state index contributed by atoms with van der Waals surface area (Å²) >= 11 is 0. The summed E-state index contributed by atoms with van der Waals surface area (Å²) in [5.74, 6) is 0. The maximum atomic E-state index is 9.98. The molecular formula is F16Zn. The van der Waals surface area contributed by atoms with Gasteiger partial charge in [0.2, 0.25) is 0 Å². The van der Waals surface area contributed by atoms with Crippen LogP contribution in [0.4, 0.5) is 53.1 Å². The van der Waals surface area contributed by atoms with Gasteiger partial charge in [0.05, 0.1) is 0 Å². The Morgan fingerprint density at radius 1 is 0.235 bits per heavy atom. The van der Waals surface area contributed by atoms with E-state index in [2.05, 4.69) is 0 Å². The molecule has 0 aromatic carbocycles. The molecule has 0 saturated heterocycles. The van der Waals surface area contributed by atoms with Gasteiger partial charge >= 0.3 is 61.7 Å². The van der Waals surface area contributed by atoms with Crippen LogP contribution in [0.5, 0.6) is 0 Å². The second-order valence-electron chi connectivity index (χ2n) is 12.1. The standard InChI is InChI=1S/16FH.Zn/h16*1H;/q;;;;;;;;;;;;;;;;+16/p-16. The van der Waals surface area contributed by atoms with E-state index < -0.39 is 8.63 Å². The first kappa shape index (κ1) is 16.5. The summed E-state index contributed by atoms with van der Waals surface area (Å²) in [6.07, 6.45) is 0. The Hall–Kier alpha value is -0.497. The molecule has 0 saturated carbocycles. The molecule has 114 valence electrons. The molecule has 0 rings (SSSR count). The Morgan fingerprint density at radius 3 is 0.235 bits per heavy atom. The molecule has 0 atom stereocenters. The Kier molecular flexibility index (Phi) is 0.222. The van der Waals surface area contributed by atoms with Crippen LogP contribution in [-0.4, -0.2) is 0 Å². The van der Waals surface area contributed by atoms with Crippen molar-refractivity contribution in [1.82, 2.24) is 0 Å². The first-order chi connectivity index (χ1) is 4.00. The van der Waals surface area contributed by atoms with E-state index in [1.54, 1.807) is 0 Å². The third kappa shape index (κ3) is 11500. The van der Waals surface area contributed by atoms with E-state index in [0.717, 1.165) is 0 Å². The summed E-state index contributed by atoms with van der Waals surface area (Å²) in [6, 6.07) is 0. The van der Waals surface area contributed by atoms with Gasteiger partial charge in [0.1, 0.15) is 0 Å². The zero-order valence-electron chi connectivity index (χ0n) is 6.75. The molecule has 0 amide bonds. The average Bonchev–Trinajstić information content (AvgIpc) is 0.323. The van der Waals surface area contributed by atoms with Gasteiger partial charge in [0.15, 0.2) is 0 Å². The van der Waals surface area contributed by atoms with Crippen LogP contribution in [0, 0.1) is 0 Å². The van der Waals surface area contributed by atoms with E-state index in [4.69, 9.17) is 0 Å². The van der Waals surface area contributed by atoms with E-state index in [1.807, 2.05) is 0 Å². The molecule has 0 N–H and O–H groups in total. The molecule has 17 heteroatoms. The molecule has 0 aromatic rings. The molecule has 0 nitrogen and oxygen atoms in total. The Morgan fingerprint density at radius 2 is 0.235 bits per heavy atom. The van der Waals surface area contributed by atoms with Gasteiger partial charge in [-0.1, -0.05) is 0 Å². The second-order valence-corrected chi connectivity index (χ2v) is 63.0. The monoisotopic (exact) mass is 368 g/mol. The fraction of sp³-hybridized carbons (Fsp3) is 0. The van der Waals surface area contributed by atoms with Gasteiger partial charge in [-0.05, 0) is 0 Å². The fourth-order valence-corrected chi connectivity index (χ4v) is 0. The Labute approximate surface area is 62.9 Å². The molecule has 0 aliphatic heterocycles. The normalized spacial score (nSPS) is 63.1. The van der Waals surface area contributed by atoms with Crippen LogP contribution in [0.2, 0.25) is 0 Å². The van der Waals surface area contributed by atoms with Crippen LogP contribution in [0.3, 0.4) is 0 Å². The zero-order chi connectivity index (χ0) is 16.2. The molecule has 0 aromatic heterocycles. The van der Waals surface area contributed by atoms with Crippen molar-refractivity contribution in [2.45, 2.75) is 0 Å². The van der Waals surface area contributed by atoms with E-state index in [-0.39, 0.29) is 0 Å². The summed E-state index contributed by atoms with van der Waals surface area (Å²) in [7, 11) is -31.5. The molecule has 0 spiro atoms. The second kappa shape index (κ2) is 0.228. The van der Waals surface area contributed by atoms with Crippen LogP contribution in [-0.2, 0) is 8.63 Å². The van der Waals surface area contributed by atoms with Gasteiger partial charge in [-0.2, -0.15) is 0 Å². The zero-order valence-corrected chi connectivity index (χ0v) is 9.72. The van der Waals surface area contributed by atoms with Gasteiger partial charge in [-0.25, -0.2) is 0 Å². The van der Waals surface area contributed by atoms with Crippen molar-refractivity contribution in [3.63, 3.8) is 0 Å². The predicted octanol–water partition coefficient (Wildman–Crippen LogP) is 6.72. The predicted molar refractivity (Wildman–Crippen MR) is 17.7 cm³/mol. The van der Waals surface area contributed by atoms with Crippen molar-refractivity contribution in [2.24, 2.45) is 0 Å². The summed E-state index contributed by atoms with van der Waals surface area (Å²) in [6.45, 7) is 0. The number of hydrogen-bond acceptors (Lipinski definition) is 0. The van der Waals surface area contributed by atoms with Gasteiger partial charge in [-0.15, -0.1) is 0 Å². The third-order valence-electron chi connectivity index (χ3n) is 0. The van der Waals surface area contributed by atoms with Crippen LogP contribution < -0.4 is 0 Å². The summed E-state index contributed by atoms with van der Waals surface area (Å²) in [5, 5.41) is 0. The van der Waals surface area contributed by atoms with Crippen molar-refractivity contribution >= 4 is 0 Å². The fourth-order valence-electron chi connectivity index (χ4n) is 0. The quantitative estimate of drug-likeness (QED) is 0.328. The molecular weight excluding hydrogens is 369 g/mol. The van der Waals surface area contributed by atoms with E-state index >= 15 is 0 Å². The first-order valence-electron chi connectivity index (χ1n) is 4.28. The maximum absolute atomic E-state index is 31.5. The molecule has 0 heterocycles. The summed E-state index contributed by atoms with van der Waals surface area (Å²) < 4.78 is 160. The van der Waals surface area contributed by atoms with Crippen LogP contribution in [0.1, 0.15) is 0 Å². The number of rotatable bonds is 0. The van der Waals surface area contributed by atoms with Crippen molar-refractivity contribution in [3.8, 4) is 0 Å². The molecule has 0 bridgehead atoms. The molecule has 0 aliphatic rings. The van der Waals surface area contributed by atoms with Gasteiger partial charge in [-0.3, -0.25) is 0 Å². The van der Waals surface area contributed by atoms with E-state index in [1.165, 1.54) is 0 Å². The molecule has 0 unspecified atom stereocenters. The Bertz CT molecular complexity index is 834. The topological polar surface area (TPSA) is 0 Å². The first-order valence-corrected chi connectivity index (χ1v) is 22.2. The van der Waals surface area contributed by atoms with Crippen molar-refractivity contribution in [2.75, 3.05) is 0 Å². The molecule has 0 radical (unpaired) electrons. The van der Waals surface area contributed by atoms with Gasteiger partial charge < -0.3 is 0 Å². The number of halogens is 16. The molecule has 0 aliphatic carbocycles. The van der Waals surface area contributed by atoms with E-state index in [0.29, 0.717) is 0 Å².